The molecular weight excluding hydrogens is 190 g/mol. The van der Waals surface area contributed by atoms with Crippen molar-refractivity contribution in [3.63, 3.8) is 0 Å². The van der Waals surface area contributed by atoms with E-state index >= 15 is 0 Å². The third kappa shape index (κ3) is 6.13. The maximum Gasteiger partial charge on any atom is 0.0674 e. The van der Waals surface area contributed by atoms with Crippen molar-refractivity contribution in [2.45, 2.75) is 33.3 Å². The third-order valence-electron chi connectivity index (χ3n) is 2.54. The van der Waals surface area contributed by atoms with Crippen LogP contribution in [0, 0.1) is 5.92 Å². The van der Waals surface area contributed by atoms with Gasteiger partial charge in [-0.3, -0.25) is 4.90 Å². The zero-order valence-corrected chi connectivity index (χ0v) is 10.4. The number of rotatable bonds is 6. The van der Waals surface area contributed by atoms with Crippen LogP contribution in [0.25, 0.3) is 0 Å². The van der Waals surface area contributed by atoms with Crippen LogP contribution in [0.1, 0.15) is 27.2 Å². The fourth-order valence-corrected chi connectivity index (χ4v) is 1.80. The van der Waals surface area contributed by atoms with Gasteiger partial charge in [-0.05, 0) is 19.3 Å². The highest BCUT2D eigenvalue weighted by molar-refractivity contribution is 4.67. The lowest BCUT2D eigenvalue weighted by molar-refractivity contribution is -0.0211. The lowest BCUT2D eigenvalue weighted by atomic mass is 10.2. The van der Waals surface area contributed by atoms with Crippen molar-refractivity contribution in [2.75, 3.05) is 39.5 Å². The highest BCUT2D eigenvalue weighted by Crippen LogP contribution is 2.04. The Hall–Kier alpha value is -0.120. The molecule has 0 amide bonds. The second kappa shape index (κ2) is 7.20. The minimum Gasteiger partial charge on any atom is -0.381 e. The molecule has 1 aliphatic heterocycles. The molecule has 1 atom stereocenters. The van der Waals surface area contributed by atoms with Gasteiger partial charge in [0.25, 0.3) is 0 Å². The van der Waals surface area contributed by atoms with Crippen LogP contribution in [0.4, 0.5) is 0 Å². The minimum absolute atomic E-state index is 0.398. The molecule has 3 heteroatoms. The van der Waals surface area contributed by atoms with Crippen LogP contribution in [-0.2, 0) is 9.47 Å². The highest BCUT2D eigenvalue weighted by atomic mass is 16.5. The first-order chi connectivity index (χ1) is 7.18. The van der Waals surface area contributed by atoms with Crippen molar-refractivity contribution < 1.29 is 9.47 Å². The average Bonchev–Trinajstić information content (AvgIpc) is 2.17. The quantitative estimate of drug-likeness (QED) is 0.630. The van der Waals surface area contributed by atoms with Gasteiger partial charge in [0.1, 0.15) is 0 Å². The van der Waals surface area contributed by atoms with Crippen LogP contribution in [0.15, 0.2) is 0 Å². The molecule has 0 aromatic heterocycles. The summed E-state index contributed by atoms with van der Waals surface area (Å²) >= 11 is 0. The first kappa shape index (κ1) is 12.9. The van der Waals surface area contributed by atoms with Crippen LogP contribution >= 0.6 is 0 Å². The molecule has 1 saturated heterocycles. The predicted molar refractivity (Wildman–Crippen MR) is 62.1 cm³/mol. The van der Waals surface area contributed by atoms with E-state index in [0.29, 0.717) is 12.0 Å². The monoisotopic (exact) mass is 215 g/mol. The van der Waals surface area contributed by atoms with E-state index in [1.54, 1.807) is 0 Å². The predicted octanol–water partition coefficient (Wildman–Crippen LogP) is 1.77. The SMILES string of the molecule is CC(C)COCCCN1CCOC(C)C1. The smallest absolute Gasteiger partial charge is 0.0674 e. The van der Waals surface area contributed by atoms with Gasteiger partial charge in [-0.15, -0.1) is 0 Å². The van der Waals surface area contributed by atoms with Crippen LogP contribution in [0.2, 0.25) is 0 Å². The van der Waals surface area contributed by atoms with Gasteiger partial charge in [-0.2, -0.15) is 0 Å². The lowest BCUT2D eigenvalue weighted by Crippen LogP contribution is -2.41. The van der Waals surface area contributed by atoms with Crippen molar-refractivity contribution in [1.82, 2.24) is 4.90 Å². The standard InChI is InChI=1S/C12H25NO2/c1-11(2)10-14-7-4-5-13-6-8-15-12(3)9-13/h11-12H,4-10H2,1-3H3. The summed E-state index contributed by atoms with van der Waals surface area (Å²) in [6.07, 6.45) is 1.54. The molecule has 0 N–H and O–H groups in total. The van der Waals surface area contributed by atoms with Crippen molar-refractivity contribution in [1.29, 1.82) is 0 Å². The number of morpholine rings is 1. The molecule has 0 aliphatic carbocycles. The minimum atomic E-state index is 0.398. The number of ether oxygens (including phenoxy) is 2. The van der Waals surface area contributed by atoms with Gasteiger partial charge in [0, 0.05) is 32.8 Å². The van der Waals surface area contributed by atoms with E-state index in [1.807, 2.05) is 0 Å². The van der Waals surface area contributed by atoms with Gasteiger partial charge in [-0.1, -0.05) is 13.8 Å². The van der Waals surface area contributed by atoms with E-state index in [2.05, 4.69) is 25.7 Å². The van der Waals surface area contributed by atoms with Crippen molar-refractivity contribution in [3.8, 4) is 0 Å². The van der Waals surface area contributed by atoms with Crippen molar-refractivity contribution in [2.24, 2.45) is 5.92 Å². The van der Waals surface area contributed by atoms with E-state index in [4.69, 9.17) is 9.47 Å². The van der Waals surface area contributed by atoms with Crippen LogP contribution in [0.3, 0.4) is 0 Å². The topological polar surface area (TPSA) is 21.7 Å². The molecule has 90 valence electrons. The normalized spacial score (nSPS) is 23.6. The number of hydrogen-bond donors (Lipinski definition) is 0. The molecule has 15 heavy (non-hydrogen) atoms. The molecule has 1 rings (SSSR count). The average molecular weight is 215 g/mol. The van der Waals surface area contributed by atoms with E-state index in [9.17, 15) is 0 Å². The molecule has 0 radical (unpaired) electrons. The number of nitrogens with zero attached hydrogens (tertiary/aromatic N) is 1. The molecule has 0 saturated carbocycles. The van der Waals surface area contributed by atoms with Crippen LogP contribution in [0.5, 0.6) is 0 Å². The van der Waals surface area contributed by atoms with E-state index in [-0.39, 0.29) is 0 Å². The summed E-state index contributed by atoms with van der Waals surface area (Å²) in [5.41, 5.74) is 0. The molecule has 0 aromatic carbocycles. The molecular formula is C12H25NO2. The van der Waals surface area contributed by atoms with Crippen molar-refractivity contribution in [3.05, 3.63) is 0 Å². The molecule has 0 spiro atoms. The van der Waals surface area contributed by atoms with Crippen LogP contribution in [-0.4, -0.2) is 50.5 Å². The van der Waals surface area contributed by atoms with Gasteiger partial charge in [0.05, 0.1) is 12.7 Å². The summed E-state index contributed by atoms with van der Waals surface area (Å²) < 4.78 is 11.0. The Balaban J connectivity index is 1.95. The molecule has 1 heterocycles. The third-order valence-corrected chi connectivity index (χ3v) is 2.54. The summed E-state index contributed by atoms with van der Waals surface area (Å²) in [6.45, 7) is 12.5. The van der Waals surface area contributed by atoms with Gasteiger partial charge in [0.15, 0.2) is 0 Å². The molecule has 1 aliphatic rings. The maximum absolute atomic E-state index is 5.56. The first-order valence-electron chi connectivity index (χ1n) is 6.10. The van der Waals surface area contributed by atoms with Gasteiger partial charge >= 0.3 is 0 Å². The van der Waals surface area contributed by atoms with Gasteiger partial charge < -0.3 is 9.47 Å². The van der Waals surface area contributed by atoms with Crippen molar-refractivity contribution >= 4 is 0 Å². The van der Waals surface area contributed by atoms with Crippen LogP contribution < -0.4 is 0 Å². The second-order valence-corrected chi connectivity index (χ2v) is 4.80. The first-order valence-corrected chi connectivity index (χ1v) is 6.10. The van der Waals surface area contributed by atoms with Gasteiger partial charge in [-0.25, -0.2) is 0 Å². The second-order valence-electron chi connectivity index (χ2n) is 4.80. The lowest BCUT2D eigenvalue weighted by Gasteiger charge is -2.30. The number of hydrogen-bond acceptors (Lipinski definition) is 3. The zero-order chi connectivity index (χ0) is 11.1. The van der Waals surface area contributed by atoms with E-state index < -0.39 is 0 Å². The summed E-state index contributed by atoms with van der Waals surface area (Å²) in [5, 5.41) is 0. The summed E-state index contributed by atoms with van der Waals surface area (Å²) in [5.74, 6) is 0.647. The maximum atomic E-state index is 5.56. The Bertz CT molecular complexity index is 162. The molecule has 1 fully saturated rings. The Morgan fingerprint density at radius 2 is 2.27 bits per heavy atom. The Morgan fingerprint density at radius 3 is 2.93 bits per heavy atom. The largest absolute Gasteiger partial charge is 0.381 e. The van der Waals surface area contributed by atoms with E-state index in [1.165, 1.54) is 0 Å². The molecule has 0 aromatic rings. The summed E-state index contributed by atoms with van der Waals surface area (Å²) in [4.78, 5) is 2.47. The Labute approximate surface area is 93.7 Å². The fraction of sp³-hybridized carbons (Fsp3) is 1.00. The van der Waals surface area contributed by atoms with Gasteiger partial charge in [0.2, 0.25) is 0 Å². The Kier molecular flexibility index (Phi) is 6.22. The van der Waals surface area contributed by atoms with E-state index in [0.717, 1.165) is 45.9 Å². The zero-order valence-electron chi connectivity index (χ0n) is 10.4. The summed E-state index contributed by atoms with van der Waals surface area (Å²) in [7, 11) is 0. The molecule has 0 bridgehead atoms. The summed E-state index contributed by atoms with van der Waals surface area (Å²) in [6, 6.07) is 0. The highest BCUT2D eigenvalue weighted by Gasteiger charge is 2.15. The fourth-order valence-electron chi connectivity index (χ4n) is 1.80. The molecule has 3 nitrogen and oxygen atoms in total. The molecule has 1 unspecified atom stereocenters. The Morgan fingerprint density at radius 1 is 1.47 bits per heavy atom.